The van der Waals surface area contributed by atoms with Crippen molar-refractivity contribution in [1.82, 2.24) is 15.3 Å². The first-order valence-corrected chi connectivity index (χ1v) is 5.80. The number of fused-ring (bicyclic) bond motifs is 1. The molecule has 0 radical (unpaired) electrons. The molecule has 0 aliphatic heterocycles. The third kappa shape index (κ3) is 1.87. The maximum absolute atomic E-state index is 5.49. The Morgan fingerprint density at radius 2 is 1.94 bits per heavy atom. The smallest absolute Gasteiger partial charge is 0.163 e. The van der Waals surface area contributed by atoms with Crippen LogP contribution < -0.4 is 5.32 Å². The number of furan rings is 1. The molecule has 0 spiro atoms. The number of rotatable bonds is 3. The molecule has 2 aromatic heterocycles. The zero-order valence-corrected chi connectivity index (χ0v) is 10.1. The minimum atomic E-state index is 0.694. The van der Waals surface area contributed by atoms with Gasteiger partial charge in [-0.05, 0) is 13.1 Å². The Morgan fingerprint density at radius 3 is 2.72 bits per heavy atom. The second kappa shape index (κ2) is 4.58. The van der Waals surface area contributed by atoms with Crippen molar-refractivity contribution in [3.63, 3.8) is 0 Å². The molecule has 0 amide bonds. The molecule has 90 valence electrons. The Balaban J connectivity index is 2.03. The summed E-state index contributed by atoms with van der Waals surface area (Å²) < 4.78 is 5.49. The van der Waals surface area contributed by atoms with Crippen LogP contribution in [0.5, 0.6) is 0 Å². The number of nitrogens with one attached hydrogen (secondary N) is 1. The van der Waals surface area contributed by atoms with E-state index in [1.165, 1.54) is 0 Å². The Hall–Kier alpha value is -2.20. The molecule has 2 heterocycles. The highest BCUT2D eigenvalue weighted by Gasteiger charge is 2.09. The van der Waals surface area contributed by atoms with E-state index in [4.69, 9.17) is 4.42 Å². The minimum absolute atomic E-state index is 0.694. The summed E-state index contributed by atoms with van der Waals surface area (Å²) in [4.78, 5) is 8.76. The van der Waals surface area contributed by atoms with Gasteiger partial charge in [0, 0.05) is 29.9 Å². The first-order chi connectivity index (χ1) is 8.88. The third-order valence-electron chi connectivity index (χ3n) is 2.81. The highest BCUT2D eigenvalue weighted by atomic mass is 16.3. The predicted octanol–water partition coefficient (Wildman–Crippen LogP) is 2.61. The van der Waals surface area contributed by atoms with Crippen LogP contribution in [0, 0.1) is 0 Å². The van der Waals surface area contributed by atoms with E-state index in [1.54, 1.807) is 6.26 Å². The molecule has 1 aromatic carbocycles. The lowest BCUT2D eigenvalue weighted by Gasteiger charge is -2.00. The van der Waals surface area contributed by atoms with Crippen LogP contribution in [0.2, 0.25) is 0 Å². The van der Waals surface area contributed by atoms with Gasteiger partial charge in [-0.1, -0.05) is 18.2 Å². The van der Waals surface area contributed by atoms with Gasteiger partial charge in [0.05, 0.1) is 5.56 Å². The SMILES string of the molecule is CNCc1cnc(-c2coc3ccccc23)nc1. The maximum atomic E-state index is 5.49. The van der Waals surface area contributed by atoms with Crippen molar-refractivity contribution in [3.8, 4) is 11.4 Å². The molecule has 0 aliphatic carbocycles. The first kappa shape index (κ1) is 10.9. The Bertz CT molecular complexity index is 658. The summed E-state index contributed by atoms with van der Waals surface area (Å²) in [7, 11) is 1.90. The molecular weight excluding hydrogens is 226 g/mol. The van der Waals surface area contributed by atoms with E-state index in [0.29, 0.717) is 5.82 Å². The average molecular weight is 239 g/mol. The number of nitrogens with zero attached hydrogens (tertiary/aromatic N) is 2. The molecule has 4 nitrogen and oxygen atoms in total. The third-order valence-corrected chi connectivity index (χ3v) is 2.81. The van der Waals surface area contributed by atoms with Crippen molar-refractivity contribution >= 4 is 11.0 Å². The lowest BCUT2D eigenvalue weighted by Crippen LogP contribution is -2.05. The van der Waals surface area contributed by atoms with Gasteiger partial charge < -0.3 is 9.73 Å². The Morgan fingerprint density at radius 1 is 1.17 bits per heavy atom. The van der Waals surface area contributed by atoms with Crippen molar-refractivity contribution in [2.24, 2.45) is 0 Å². The molecule has 3 rings (SSSR count). The second-order valence-electron chi connectivity index (χ2n) is 4.09. The standard InChI is InChI=1S/C14H13N3O/c1-15-6-10-7-16-14(17-8-10)12-9-18-13-5-3-2-4-11(12)13/h2-5,7-9,15H,6H2,1H3. The van der Waals surface area contributed by atoms with Crippen LogP contribution in [0.4, 0.5) is 0 Å². The summed E-state index contributed by atoms with van der Waals surface area (Å²) in [6.07, 6.45) is 5.37. The van der Waals surface area contributed by atoms with E-state index >= 15 is 0 Å². The summed E-state index contributed by atoms with van der Waals surface area (Å²) >= 11 is 0. The molecule has 1 N–H and O–H groups in total. The average Bonchev–Trinajstić information content (AvgIpc) is 2.84. The summed E-state index contributed by atoms with van der Waals surface area (Å²) in [6.45, 7) is 0.770. The van der Waals surface area contributed by atoms with Crippen LogP contribution in [0.3, 0.4) is 0 Å². The van der Waals surface area contributed by atoms with Crippen LogP contribution in [-0.4, -0.2) is 17.0 Å². The molecule has 18 heavy (non-hydrogen) atoms. The topological polar surface area (TPSA) is 51.0 Å². The Labute approximate surface area is 105 Å². The largest absolute Gasteiger partial charge is 0.464 e. The fourth-order valence-corrected chi connectivity index (χ4v) is 1.94. The monoisotopic (exact) mass is 239 g/mol. The van der Waals surface area contributed by atoms with Gasteiger partial charge in [0.2, 0.25) is 0 Å². The normalized spacial score (nSPS) is 10.9. The van der Waals surface area contributed by atoms with Crippen molar-refractivity contribution in [3.05, 3.63) is 48.5 Å². The van der Waals surface area contributed by atoms with Crippen LogP contribution in [0.15, 0.2) is 47.3 Å². The van der Waals surface area contributed by atoms with E-state index in [2.05, 4.69) is 15.3 Å². The van der Waals surface area contributed by atoms with Gasteiger partial charge in [-0.25, -0.2) is 9.97 Å². The molecule has 0 saturated carbocycles. The molecular formula is C14H13N3O. The summed E-state index contributed by atoms with van der Waals surface area (Å²) in [5.74, 6) is 0.694. The number of benzene rings is 1. The van der Waals surface area contributed by atoms with E-state index in [1.807, 2.05) is 43.7 Å². The molecule has 4 heteroatoms. The van der Waals surface area contributed by atoms with E-state index in [-0.39, 0.29) is 0 Å². The number of aromatic nitrogens is 2. The summed E-state index contributed by atoms with van der Waals surface area (Å²) in [6, 6.07) is 7.89. The van der Waals surface area contributed by atoms with Gasteiger partial charge in [-0.3, -0.25) is 0 Å². The van der Waals surface area contributed by atoms with E-state index in [9.17, 15) is 0 Å². The lowest BCUT2D eigenvalue weighted by atomic mass is 10.1. The van der Waals surface area contributed by atoms with Crippen LogP contribution in [0.25, 0.3) is 22.4 Å². The van der Waals surface area contributed by atoms with Crippen molar-refractivity contribution in [1.29, 1.82) is 0 Å². The fraction of sp³-hybridized carbons (Fsp3) is 0.143. The molecule has 0 atom stereocenters. The molecule has 0 unspecified atom stereocenters. The van der Waals surface area contributed by atoms with Crippen molar-refractivity contribution < 1.29 is 4.42 Å². The van der Waals surface area contributed by atoms with Crippen molar-refractivity contribution in [2.45, 2.75) is 6.54 Å². The van der Waals surface area contributed by atoms with Crippen molar-refractivity contribution in [2.75, 3.05) is 7.05 Å². The molecule has 0 saturated heterocycles. The Kier molecular flexibility index (Phi) is 2.78. The number of para-hydroxylation sites is 1. The lowest BCUT2D eigenvalue weighted by molar-refractivity contribution is 0.616. The van der Waals surface area contributed by atoms with Gasteiger partial charge in [-0.15, -0.1) is 0 Å². The van der Waals surface area contributed by atoms with E-state index in [0.717, 1.165) is 28.6 Å². The van der Waals surface area contributed by atoms with Gasteiger partial charge in [0.1, 0.15) is 11.8 Å². The highest BCUT2D eigenvalue weighted by Crippen LogP contribution is 2.27. The summed E-state index contributed by atoms with van der Waals surface area (Å²) in [5, 5.41) is 4.11. The number of hydrogen-bond donors (Lipinski definition) is 1. The van der Waals surface area contributed by atoms with Gasteiger partial charge >= 0.3 is 0 Å². The number of hydrogen-bond acceptors (Lipinski definition) is 4. The first-order valence-electron chi connectivity index (χ1n) is 5.80. The fourth-order valence-electron chi connectivity index (χ4n) is 1.94. The van der Waals surface area contributed by atoms with Crippen LogP contribution >= 0.6 is 0 Å². The predicted molar refractivity (Wildman–Crippen MR) is 70.0 cm³/mol. The molecule has 3 aromatic rings. The quantitative estimate of drug-likeness (QED) is 0.763. The molecule has 0 aliphatic rings. The van der Waals surface area contributed by atoms with Crippen LogP contribution in [0.1, 0.15) is 5.56 Å². The molecule has 0 bridgehead atoms. The van der Waals surface area contributed by atoms with Gasteiger partial charge in [0.15, 0.2) is 5.82 Å². The summed E-state index contributed by atoms with van der Waals surface area (Å²) in [5.41, 5.74) is 2.85. The van der Waals surface area contributed by atoms with Gasteiger partial charge in [-0.2, -0.15) is 0 Å². The van der Waals surface area contributed by atoms with E-state index < -0.39 is 0 Å². The van der Waals surface area contributed by atoms with Gasteiger partial charge in [0.25, 0.3) is 0 Å². The highest BCUT2D eigenvalue weighted by molar-refractivity contribution is 5.91. The zero-order chi connectivity index (χ0) is 12.4. The minimum Gasteiger partial charge on any atom is -0.464 e. The maximum Gasteiger partial charge on any atom is 0.163 e. The molecule has 0 fully saturated rings. The zero-order valence-electron chi connectivity index (χ0n) is 10.1. The second-order valence-corrected chi connectivity index (χ2v) is 4.09. The van der Waals surface area contributed by atoms with Crippen LogP contribution in [-0.2, 0) is 6.54 Å².